The van der Waals surface area contributed by atoms with Crippen molar-refractivity contribution in [3.8, 4) is 0 Å². The van der Waals surface area contributed by atoms with Gasteiger partial charge in [-0.15, -0.1) is 0 Å². The van der Waals surface area contributed by atoms with Gasteiger partial charge in [0.15, 0.2) is 9.84 Å². The molecule has 0 amide bonds. The largest absolute Gasteiger partial charge is 0.465 e. The summed E-state index contributed by atoms with van der Waals surface area (Å²) in [4.78, 5) is 11.4. The predicted octanol–water partition coefficient (Wildman–Crippen LogP) is 1.85. The number of halogens is 1. The minimum absolute atomic E-state index is 0.0333. The second-order valence-corrected chi connectivity index (χ2v) is 6.83. The Kier molecular flexibility index (Phi) is 5.50. The Morgan fingerprint density at radius 2 is 2.10 bits per heavy atom. The van der Waals surface area contributed by atoms with Gasteiger partial charge in [0, 0.05) is 17.5 Å². The van der Waals surface area contributed by atoms with Crippen molar-refractivity contribution in [1.29, 1.82) is 0 Å². The minimum atomic E-state index is -3.11. The van der Waals surface area contributed by atoms with E-state index in [1.165, 1.54) is 19.2 Å². The Labute approximate surface area is 118 Å². The van der Waals surface area contributed by atoms with Crippen molar-refractivity contribution < 1.29 is 22.3 Å². The van der Waals surface area contributed by atoms with Gasteiger partial charge >= 0.3 is 5.97 Å². The van der Waals surface area contributed by atoms with Gasteiger partial charge < -0.3 is 10.1 Å². The van der Waals surface area contributed by atoms with E-state index in [0.29, 0.717) is 5.69 Å². The Bertz CT molecular complexity index is 586. The number of rotatable bonds is 6. The molecule has 0 spiro atoms. The van der Waals surface area contributed by atoms with E-state index in [4.69, 9.17) is 0 Å². The summed E-state index contributed by atoms with van der Waals surface area (Å²) in [5.74, 6) is -1.43. The maximum Gasteiger partial charge on any atom is 0.340 e. The monoisotopic (exact) mass is 303 g/mol. The van der Waals surface area contributed by atoms with Crippen molar-refractivity contribution in [3.05, 3.63) is 29.6 Å². The molecule has 0 saturated heterocycles. The lowest BCUT2D eigenvalue weighted by atomic mass is 10.2. The van der Waals surface area contributed by atoms with Crippen LogP contribution in [0, 0.1) is 5.82 Å². The van der Waals surface area contributed by atoms with Crippen molar-refractivity contribution in [2.45, 2.75) is 19.9 Å². The summed E-state index contributed by atoms with van der Waals surface area (Å²) in [5.41, 5.74) is 0.272. The van der Waals surface area contributed by atoms with E-state index < -0.39 is 21.6 Å². The Morgan fingerprint density at radius 1 is 1.45 bits per heavy atom. The summed E-state index contributed by atoms with van der Waals surface area (Å²) < 4.78 is 40.9. The normalized spacial score (nSPS) is 12.8. The highest BCUT2D eigenvalue weighted by atomic mass is 32.2. The van der Waals surface area contributed by atoms with Crippen LogP contribution in [0.3, 0.4) is 0 Å². The first-order chi connectivity index (χ1) is 9.29. The van der Waals surface area contributed by atoms with Gasteiger partial charge in [-0.25, -0.2) is 17.6 Å². The molecule has 0 bridgehead atoms. The van der Waals surface area contributed by atoms with Crippen molar-refractivity contribution in [1.82, 2.24) is 0 Å². The fraction of sp³-hybridized carbons (Fsp3) is 0.462. The third-order valence-corrected chi connectivity index (χ3v) is 4.62. The molecule has 1 aromatic carbocycles. The molecular formula is C13H18FNO4S. The molecule has 1 unspecified atom stereocenters. The molecular weight excluding hydrogens is 285 g/mol. The smallest absolute Gasteiger partial charge is 0.340 e. The SMILES string of the molecule is CCS(=O)(=O)CC(C)Nc1ccc(F)c(C(=O)OC)c1. The number of benzene rings is 1. The standard InChI is InChI=1S/C13H18FNO4S/c1-4-20(17,18)8-9(2)15-10-5-6-12(14)11(7-10)13(16)19-3/h5-7,9,15H,4,8H2,1-3H3. The zero-order valence-electron chi connectivity index (χ0n) is 11.6. The van der Waals surface area contributed by atoms with E-state index in [-0.39, 0.29) is 23.1 Å². The lowest BCUT2D eigenvalue weighted by molar-refractivity contribution is 0.0595. The molecule has 1 rings (SSSR count). The van der Waals surface area contributed by atoms with E-state index >= 15 is 0 Å². The van der Waals surface area contributed by atoms with Crippen LogP contribution in [0.25, 0.3) is 0 Å². The summed E-state index contributed by atoms with van der Waals surface area (Å²) in [7, 11) is -1.94. The van der Waals surface area contributed by atoms with Crippen LogP contribution in [0.5, 0.6) is 0 Å². The van der Waals surface area contributed by atoms with Gasteiger partial charge in [-0.1, -0.05) is 6.92 Å². The molecule has 0 aliphatic rings. The summed E-state index contributed by atoms with van der Waals surface area (Å²) >= 11 is 0. The van der Waals surface area contributed by atoms with Crippen LogP contribution in [0.4, 0.5) is 10.1 Å². The number of methoxy groups -OCH3 is 1. The zero-order chi connectivity index (χ0) is 15.3. The third kappa shape index (κ3) is 4.48. The van der Waals surface area contributed by atoms with Gasteiger partial charge in [0.2, 0.25) is 0 Å². The molecule has 20 heavy (non-hydrogen) atoms. The predicted molar refractivity (Wildman–Crippen MR) is 75.2 cm³/mol. The number of hydrogen-bond donors (Lipinski definition) is 1. The van der Waals surface area contributed by atoms with Crippen molar-refractivity contribution in [2.24, 2.45) is 0 Å². The number of esters is 1. The number of sulfone groups is 1. The van der Waals surface area contributed by atoms with Gasteiger partial charge in [0.25, 0.3) is 0 Å². The molecule has 0 saturated carbocycles. The number of carbonyl (C=O) groups is 1. The first-order valence-corrected chi connectivity index (χ1v) is 7.96. The van der Waals surface area contributed by atoms with Crippen LogP contribution in [0.2, 0.25) is 0 Å². The third-order valence-electron chi connectivity index (χ3n) is 2.73. The van der Waals surface area contributed by atoms with E-state index in [0.717, 1.165) is 6.07 Å². The molecule has 7 heteroatoms. The number of nitrogens with one attached hydrogen (secondary N) is 1. The maximum atomic E-state index is 13.4. The molecule has 112 valence electrons. The molecule has 1 N–H and O–H groups in total. The quantitative estimate of drug-likeness (QED) is 0.812. The molecule has 0 radical (unpaired) electrons. The second-order valence-electron chi connectivity index (χ2n) is 4.43. The van der Waals surface area contributed by atoms with Crippen LogP contribution in [-0.2, 0) is 14.6 Å². The molecule has 5 nitrogen and oxygen atoms in total. The summed E-state index contributed by atoms with van der Waals surface area (Å²) in [6, 6.07) is 3.53. The highest BCUT2D eigenvalue weighted by molar-refractivity contribution is 7.91. The Morgan fingerprint density at radius 3 is 2.65 bits per heavy atom. The van der Waals surface area contributed by atoms with Crippen LogP contribution in [0.15, 0.2) is 18.2 Å². The van der Waals surface area contributed by atoms with Crippen molar-refractivity contribution in [2.75, 3.05) is 23.9 Å². The highest BCUT2D eigenvalue weighted by Crippen LogP contribution is 2.17. The van der Waals surface area contributed by atoms with Gasteiger partial charge in [-0.2, -0.15) is 0 Å². The van der Waals surface area contributed by atoms with Gasteiger partial charge in [0.1, 0.15) is 5.82 Å². The fourth-order valence-electron chi connectivity index (χ4n) is 1.71. The average Bonchev–Trinajstić information content (AvgIpc) is 2.39. The number of ether oxygens (including phenoxy) is 1. The lowest BCUT2D eigenvalue weighted by Gasteiger charge is -2.15. The van der Waals surface area contributed by atoms with E-state index in [1.807, 2.05) is 0 Å². The molecule has 0 aliphatic carbocycles. The molecule has 1 atom stereocenters. The van der Waals surface area contributed by atoms with E-state index in [1.54, 1.807) is 13.8 Å². The van der Waals surface area contributed by atoms with Crippen LogP contribution in [0.1, 0.15) is 24.2 Å². The average molecular weight is 303 g/mol. The van der Waals surface area contributed by atoms with Gasteiger partial charge in [0.05, 0.1) is 18.4 Å². The van der Waals surface area contributed by atoms with Crippen LogP contribution >= 0.6 is 0 Å². The number of anilines is 1. The molecule has 0 aliphatic heterocycles. The van der Waals surface area contributed by atoms with E-state index in [9.17, 15) is 17.6 Å². The molecule has 0 fully saturated rings. The minimum Gasteiger partial charge on any atom is -0.465 e. The Balaban J connectivity index is 2.86. The first-order valence-electron chi connectivity index (χ1n) is 6.14. The van der Waals surface area contributed by atoms with E-state index in [2.05, 4.69) is 10.1 Å². The molecule has 0 aromatic heterocycles. The molecule has 0 heterocycles. The number of hydrogen-bond acceptors (Lipinski definition) is 5. The maximum absolute atomic E-state index is 13.4. The highest BCUT2D eigenvalue weighted by Gasteiger charge is 2.16. The second kappa shape index (κ2) is 6.69. The summed E-state index contributed by atoms with van der Waals surface area (Å²) in [5, 5.41) is 2.93. The fourth-order valence-corrected chi connectivity index (χ4v) is 2.79. The zero-order valence-corrected chi connectivity index (χ0v) is 12.5. The number of carbonyl (C=O) groups excluding carboxylic acids is 1. The first kappa shape index (κ1) is 16.4. The summed E-state index contributed by atoms with van der Waals surface area (Å²) in [6.45, 7) is 3.28. The molecule has 1 aromatic rings. The Hall–Kier alpha value is -1.63. The van der Waals surface area contributed by atoms with Crippen LogP contribution < -0.4 is 5.32 Å². The topological polar surface area (TPSA) is 72.5 Å². The lowest BCUT2D eigenvalue weighted by Crippen LogP contribution is -2.26. The van der Waals surface area contributed by atoms with Gasteiger partial charge in [-0.3, -0.25) is 0 Å². The van der Waals surface area contributed by atoms with Crippen molar-refractivity contribution >= 4 is 21.5 Å². The van der Waals surface area contributed by atoms with Crippen molar-refractivity contribution in [3.63, 3.8) is 0 Å². The van der Waals surface area contributed by atoms with Crippen LogP contribution in [-0.4, -0.2) is 39.0 Å². The van der Waals surface area contributed by atoms with Gasteiger partial charge in [-0.05, 0) is 25.1 Å². The summed E-state index contributed by atoms with van der Waals surface area (Å²) in [6.07, 6.45) is 0.